The Morgan fingerprint density at radius 1 is 1.50 bits per heavy atom. The van der Waals surface area contributed by atoms with Gasteiger partial charge in [-0.15, -0.1) is 0 Å². The average Bonchev–Trinajstić information content (AvgIpc) is 2.46. The number of nitrogens with zero attached hydrogens (tertiary/aromatic N) is 1. The van der Waals surface area contributed by atoms with E-state index < -0.39 is 0 Å². The smallest absolute Gasteiger partial charge is 0.174 e. The first-order valence-corrected chi connectivity index (χ1v) is 7.37. The molecule has 1 aliphatic rings. The molecule has 2 rings (SSSR count). The molecule has 1 aromatic carbocycles. The van der Waals surface area contributed by atoms with Crippen molar-refractivity contribution in [3.05, 3.63) is 24.3 Å². The molecule has 0 saturated carbocycles. The number of hydrogen-bond acceptors (Lipinski definition) is 4. The minimum absolute atomic E-state index is 0.0883. The molecule has 2 unspecified atom stereocenters. The molecule has 4 heteroatoms. The summed E-state index contributed by atoms with van der Waals surface area (Å²) in [5, 5.41) is 15.6. The van der Waals surface area contributed by atoms with Gasteiger partial charge in [0.05, 0.1) is 0 Å². The lowest BCUT2D eigenvalue weighted by Gasteiger charge is -2.27. The maximum Gasteiger partial charge on any atom is 0.174 e. The highest BCUT2D eigenvalue weighted by atomic mass is 16.5. The minimum Gasteiger partial charge on any atom is -0.479 e. The first-order chi connectivity index (χ1) is 9.78. The van der Waals surface area contributed by atoms with Crippen LogP contribution in [0.25, 0.3) is 0 Å². The standard InChI is InChI=1S/C16H23N3O/c1-13(11-14-5-2-3-9-18-14)19-15-6-4-7-16(12-15)20-10-8-17/h4,6-7,12-14,18-19H,2-3,5,9-11H2,1H3. The van der Waals surface area contributed by atoms with Gasteiger partial charge in [0.2, 0.25) is 0 Å². The molecule has 1 aromatic rings. The van der Waals surface area contributed by atoms with Crippen LogP contribution in [-0.4, -0.2) is 25.2 Å². The van der Waals surface area contributed by atoms with Crippen molar-refractivity contribution in [1.82, 2.24) is 5.32 Å². The van der Waals surface area contributed by atoms with Crippen molar-refractivity contribution in [1.29, 1.82) is 5.26 Å². The van der Waals surface area contributed by atoms with Gasteiger partial charge < -0.3 is 15.4 Å². The summed E-state index contributed by atoms with van der Waals surface area (Å²) in [7, 11) is 0. The van der Waals surface area contributed by atoms with Gasteiger partial charge in [-0.3, -0.25) is 0 Å². The Morgan fingerprint density at radius 2 is 2.40 bits per heavy atom. The maximum absolute atomic E-state index is 8.53. The van der Waals surface area contributed by atoms with Crippen molar-refractivity contribution < 1.29 is 4.74 Å². The predicted molar refractivity (Wildman–Crippen MR) is 80.9 cm³/mol. The molecule has 1 heterocycles. The minimum atomic E-state index is 0.0883. The quantitative estimate of drug-likeness (QED) is 0.836. The summed E-state index contributed by atoms with van der Waals surface area (Å²) in [6.45, 7) is 3.44. The Hall–Kier alpha value is -1.73. The van der Waals surface area contributed by atoms with Crippen LogP contribution in [0.2, 0.25) is 0 Å². The van der Waals surface area contributed by atoms with Crippen LogP contribution in [-0.2, 0) is 0 Å². The van der Waals surface area contributed by atoms with E-state index in [0.717, 1.165) is 24.4 Å². The zero-order valence-corrected chi connectivity index (χ0v) is 12.1. The topological polar surface area (TPSA) is 57.1 Å². The first-order valence-electron chi connectivity index (χ1n) is 7.37. The van der Waals surface area contributed by atoms with Crippen molar-refractivity contribution in [3.63, 3.8) is 0 Å². The van der Waals surface area contributed by atoms with E-state index in [4.69, 9.17) is 10.00 Å². The Bertz CT molecular complexity index is 449. The van der Waals surface area contributed by atoms with Crippen molar-refractivity contribution in [2.75, 3.05) is 18.5 Å². The Kier molecular flexibility index (Phi) is 5.69. The van der Waals surface area contributed by atoms with Crippen LogP contribution in [0, 0.1) is 11.3 Å². The SMILES string of the molecule is CC(CC1CCCCN1)Nc1cccc(OCC#N)c1. The molecule has 4 nitrogen and oxygen atoms in total. The Balaban J connectivity index is 1.83. The molecule has 2 atom stereocenters. The zero-order valence-electron chi connectivity index (χ0n) is 12.1. The summed E-state index contributed by atoms with van der Waals surface area (Å²) in [4.78, 5) is 0. The molecule has 108 valence electrons. The maximum atomic E-state index is 8.53. The van der Waals surface area contributed by atoms with Gasteiger partial charge in [0.15, 0.2) is 6.61 Å². The first kappa shape index (κ1) is 14.7. The lowest BCUT2D eigenvalue weighted by atomic mass is 9.98. The highest BCUT2D eigenvalue weighted by Crippen LogP contribution is 2.20. The van der Waals surface area contributed by atoms with E-state index in [9.17, 15) is 0 Å². The third-order valence-electron chi connectivity index (χ3n) is 3.60. The van der Waals surface area contributed by atoms with Crippen molar-refractivity contribution in [2.45, 2.75) is 44.7 Å². The molecule has 2 N–H and O–H groups in total. The lowest BCUT2D eigenvalue weighted by molar-refractivity contribution is 0.367. The van der Waals surface area contributed by atoms with Crippen LogP contribution in [0.1, 0.15) is 32.6 Å². The molecule has 0 aliphatic carbocycles. The third kappa shape index (κ3) is 4.75. The van der Waals surface area contributed by atoms with Crippen molar-refractivity contribution in [2.24, 2.45) is 0 Å². The van der Waals surface area contributed by atoms with Gasteiger partial charge in [0, 0.05) is 23.8 Å². The number of benzene rings is 1. The second kappa shape index (κ2) is 7.76. The van der Waals surface area contributed by atoms with Crippen LogP contribution < -0.4 is 15.4 Å². The second-order valence-electron chi connectivity index (χ2n) is 5.40. The largest absolute Gasteiger partial charge is 0.479 e. The molecule has 0 aromatic heterocycles. The molecule has 0 amide bonds. The molecule has 1 fully saturated rings. The molecule has 1 saturated heterocycles. The van der Waals surface area contributed by atoms with Gasteiger partial charge in [0.25, 0.3) is 0 Å². The number of anilines is 1. The van der Waals surface area contributed by atoms with Gasteiger partial charge in [-0.2, -0.15) is 5.26 Å². The number of nitrogens with one attached hydrogen (secondary N) is 2. The molecular weight excluding hydrogens is 250 g/mol. The molecule has 0 bridgehead atoms. The summed E-state index contributed by atoms with van der Waals surface area (Å²) in [6.07, 6.45) is 5.04. The molecule has 20 heavy (non-hydrogen) atoms. The van der Waals surface area contributed by atoms with E-state index in [-0.39, 0.29) is 6.61 Å². The fraction of sp³-hybridized carbons (Fsp3) is 0.562. The van der Waals surface area contributed by atoms with E-state index in [1.165, 1.54) is 19.3 Å². The average molecular weight is 273 g/mol. The summed E-state index contributed by atoms with van der Waals surface area (Å²) < 4.78 is 5.31. The zero-order chi connectivity index (χ0) is 14.2. The van der Waals surface area contributed by atoms with E-state index in [1.54, 1.807) is 0 Å². The number of hydrogen-bond donors (Lipinski definition) is 2. The summed E-state index contributed by atoms with van der Waals surface area (Å²) in [5.74, 6) is 0.736. The predicted octanol–water partition coefficient (Wildman–Crippen LogP) is 2.92. The molecule has 0 spiro atoms. The van der Waals surface area contributed by atoms with E-state index in [1.807, 2.05) is 30.3 Å². The summed E-state index contributed by atoms with van der Waals surface area (Å²) in [5.41, 5.74) is 1.05. The van der Waals surface area contributed by atoms with Gasteiger partial charge in [0.1, 0.15) is 11.8 Å². The number of ether oxygens (including phenoxy) is 1. The number of piperidine rings is 1. The Labute approximate surface area is 121 Å². The van der Waals surface area contributed by atoms with Gasteiger partial charge in [-0.05, 0) is 44.9 Å². The fourth-order valence-corrected chi connectivity index (χ4v) is 2.69. The number of rotatable bonds is 6. The van der Waals surface area contributed by atoms with Crippen molar-refractivity contribution in [3.8, 4) is 11.8 Å². The number of nitriles is 1. The molecule has 1 aliphatic heterocycles. The van der Waals surface area contributed by atoms with Gasteiger partial charge >= 0.3 is 0 Å². The summed E-state index contributed by atoms with van der Waals surface area (Å²) >= 11 is 0. The summed E-state index contributed by atoms with van der Waals surface area (Å²) in [6, 6.07) is 10.8. The van der Waals surface area contributed by atoms with E-state index >= 15 is 0 Å². The van der Waals surface area contributed by atoms with Crippen LogP contribution >= 0.6 is 0 Å². The molecule has 0 radical (unpaired) electrons. The fourth-order valence-electron chi connectivity index (χ4n) is 2.69. The van der Waals surface area contributed by atoms with Gasteiger partial charge in [-0.25, -0.2) is 0 Å². The van der Waals surface area contributed by atoms with Crippen LogP contribution in [0.3, 0.4) is 0 Å². The van der Waals surface area contributed by atoms with E-state index in [2.05, 4.69) is 17.6 Å². The lowest BCUT2D eigenvalue weighted by Crippen LogP contribution is -2.37. The van der Waals surface area contributed by atoms with Crippen LogP contribution in [0.5, 0.6) is 5.75 Å². The van der Waals surface area contributed by atoms with Crippen LogP contribution in [0.15, 0.2) is 24.3 Å². The Morgan fingerprint density at radius 3 is 3.15 bits per heavy atom. The highest BCUT2D eigenvalue weighted by Gasteiger charge is 2.15. The third-order valence-corrected chi connectivity index (χ3v) is 3.60. The monoisotopic (exact) mass is 273 g/mol. The van der Waals surface area contributed by atoms with Crippen LogP contribution in [0.4, 0.5) is 5.69 Å². The second-order valence-corrected chi connectivity index (χ2v) is 5.40. The van der Waals surface area contributed by atoms with Crippen molar-refractivity contribution >= 4 is 5.69 Å². The normalized spacial score (nSPS) is 19.9. The van der Waals surface area contributed by atoms with E-state index in [0.29, 0.717) is 12.1 Å². The molecular formula is C16H23N3O. The highest BCUT2D eigenvalue weighted by molar-refractivity contribution is 5.48. The van der Waals surface area contributed by atoms with Gasteiger partial charge in [-0.1, -0.05) is 12.5 Å².